The molecular formula is C12H9ClF3NO3. The number of hydrogen-bond acceptors (Lipinski definition) is 3. The molecule has 3 N–H and O–H groups in total. The van der Waals surface area contributed by atoms with Crippen LogP contribution in [0.3, 0.4) is 0 Å². The maximum atomic E-state index is 12.3. The lowest BCUT2D eigenvalue weighted by molar-refractivity contribution is -0.168. The Morgan fingerprint density at radius 1 is 1.20 bits per heavy atom. The second-order valence-electron chi connectivity index (χ2n) is 3.84. The topological polar surface area (TPSA) is 80.4 Å². The number of hydrogen-bond donors (Lipinski definition) is 2. The fraction of sp³-hybridized carbons (Fsp3) is 0.167. The van der Waals surface area contributed by atoms with Crippen molar-refractivity contribution in [1.29, 1.82) is 0 Å². The van der Waals surface area contributed by atoms with Gasteiger partial charge in [-0.1, -0.05) is 23.7 Å². The van der Waals surface area contributed by atoms with Gasteiger partial charge in [0.05, 0.1) is 0 Å². The van der Waals surface area contributed by atoms with Gasteiger partial charge in [0.15, 0.2) is 0 Å². The molecule has 20 heavy (non-hydrogen) atoms. The summed E-state index contributed by atoms with van der Waals surface area (Å²) in [5.41, 5.74) is 3.63. The summed E-state index contributed by atoms with van der Waals surface area (Å²) in [5, 5.41) is 9.12. The molecule has 1 aromatic rings. The lowest BCUT2D eigenvalue weighted by Crippen LogP contribution is -2.31. The predicted molar refractivity (Wildman–Crippen MR) is 65.1 cm³/mol. The van der Waals surface area contributed by atoms with Gasteiger partial charge in [-0.25, -0.2) is 4.79 Å². The first-order valence-corrected chi connectivity index (χ1v) is 5.58. The van der Waals surface area contributed by atoms with Crippen molar-refractivity contribution in [1.82, 2.24) is 0 Å². The van der Waals surface area contributed by atoms with Crippen LogP contribution in [0.25, 0.3) is 0 Å². The van der Waals surface area contributed by atoms with Gasteiger partial charge in [-0.3, -0.25) is 4.79 Å². The molecule has 0 saturated heterocycles. The van der Waals surface area contributed by atoms with E-state index in [2.05, 4.69) is 0 Å². The molecule has 0 bridgehead atoms. The minimum atomic E-state index is -5.29. The van der Waals surface area contributed by atoms with Crippen LogP contribution in [0.1, 0.15) is 5.56 Å². The SMILES string of the molecule is N/C(Cc1ccc(Cl)cc1)=C(\C(=O)O)C(=O)C(F)(F)F. The Kier molecular flexibility index (Phi) is 4.78. The van der Waals surface area contributed by atoms with Crippen molar-refractivity contribution in [2.45, 2.75) is 12.6 Å². The molecule has 8 heteroatoms. The molecule has 4 nitrogen and oxygen atoms in total. The third-order valence-corrected chi connectivity index (χ3v) is 2.58. The highest BCUT2D eigenvalue weighted by molar-refractivity contribution is 6.30. The Morgan fingerprint density at radius 2 is 1.70 bits per heavy atom. The van der Waals surface area contributed by atoms with Gasteiger partial charge in [-0.2, -0.15) is 13.2 Å². The summed E-state index contributed by atoms with van der Waals surface area (Å²) in [4.78, 5) is 21.8. The van der Waals surface area contributed by atoms with E-state index in [9.17, 15) is 22.8 Å². The van der Waals surface area contributed by atoms with Crippen molar-refractivity contribution >= 4 is 23.4 Å². The molecule has 108 valence electrons. The zero-order valence-electron chi connectivity index (χ0n) is 9.87. The molecule has 0 amide bonds. The maximum Gasteiger partial charge on any atom is 0.455 e. The monoisotopic (exact) mass is 307 g/mol. The standard InChI is InChI=1S/C12H9ClF3NO3/c13-7-3-1-6(2-4-7)5-8(17)9(11(19)20)10(18)12(14,15)16/h1-4H,5,17H2,(H,19,20)/b9-8-. The van der Waals surface area contributed by atoms with Crippen molar-refractivity contribution in [3.8, 4) is 0 Å². The molecule has 1 aromatic carbocycles. The maximum absolute atomic E-state index is 12.3. The molecule has 0 aliphatic rings. The number of Topliss-reactive ketones (excluding diaryl/α,β-unsaturated/α-hetero) is 1. The number of allylic oxidation sites excluding steroid dienone is 1. The van der Waals surface area contributed by atoms with Crippen LogP contribution >= 0.6 is 11.6 Å². The summed E-state index contributed by atoms with van der Waals surface area (Å²) in [7, 11) is 0. The van der Waals surface area contributed by atoms with Crippen LogP contribution in [0.15, 0.2) is 35.5 Å². The minimum Gasteiger partial charge on any atom is -0.477 e. The van der Waals surface area contributed by atoms with Gasteiger partial charge in [0, 0.05) is 17.1 Å². The summed E-state index contributed by atoms with van der Waals surface area (Å²) in [5.74, 6) is -4.49. The fourth-order valence-electron chi connectivity index (χ4n) is 1.43. The molecule has 0 fully saturated rings. The highest BCUT2D eigenvalue weighted by atomic mass is 35.5. The second-order valence-corrected chi connectivity index (χ2v) is 4.27. The van der Waals surface area contributed by atoms with Gasteiger partial charge in [0.2, 0.25) is 0 Å². The third-order valence-electron chi connectivity index (χ3n) is 2.33. The highest BCUT2D eigenvalue weighted by Crippen LogP contribution is 2.23. The number of carbonyl (C=O) groups excluding carboxylic acids is 1. The van der Waals surface area contributed by atoms with Crippen molar-refractivity contribution in [3.63, 3.8) is 0 Å². The number of carboxylic acid groups (broad SMARTS) is 1. The molecular weight excluding hydrogens is 299 g/mol. The Bertz CT molecular complexity index is 564. The average molecular weight is 308 g/mol. The first kappa shape index (κ1) is 16.0. The molecule has 0 spiro atoms. The van der Waals surface area contributed by atoms with Crippen molar-refractivity contribution in [3.05, 3.63) is 46.1 Å². The lowest BCUT2D eigenvalue weighted by atomic mass is 10.0. The van der Waals surface area contributed by atoms with Gasteiger partial charge in [0.25, 0.3) is 5.78 Å². The van der Waals surface area contributed by atoms with E-state index in [1.54, 1.807) is 0 Å². The Labute approximate surface area is 116 Å². The van der Waals surface area contributed by atoms with Crippen molar-refractivity contribution in [2.24, 2.45) is 5.73 Å². The van der Waals surface area contributed by atoms with Crippen molar-refractivity contribution < 1.29 is 27.9 Å². The Balaban J connectivity index is 3.13. The molecule has 0 aromatic heterocycles. The molecule has 0 saturated carbocycles. The van der Waals surface area contributed by atoms with E-state index in [-0.39, 0.29) is 6.42 Å². The quantitative estimate of drug-likeness (QED) is 0.508. The van der Waals surface area contributed by atoms with Crippen LogP contribution in [0.4, 0.5) is 13.2 Å². The third kappa shape index (κ3) is 3.99. The first-order chi connectivity index (χ1) is 9.12. The van der Waals surface area contributed by atoms with Crippen LogP contribution in [0.5, 0.6) is 0 Å². The van der Waals surface area contributed by atoms with Gasteiger partial charge in [-0.15, -0.1) is 0 Å². The van der Waals surface area contributed by atoms with E-state index in [0.29, 0.717) is 10.6 Å². The summed E-state index contributed by atoms with van der Waals surface area (Å²) in [6, 6.07) is 5.87. The van der Waals surface area contributed by atoms with Crippen LogP contribution in [0.2, 0.25) is 5.02 Å². The van der Waals surface area contributed by atoms with Gasteiger partial charge >= 0.3 is 12.1 Å². The number of aliphatic carboxylic acids is 1. The summed E-state index contributed by atoms with van der Waals surface area (Å²) >= 11 is 5.63. The normalized spacial score (nSPS) is 12.8. The average Bonchev–Trinajstić information content (AvgIpc) is 2.30. The Morgan fingerprint density at radius 3 is 2.10 bits per heavy atom. The summed E-state index contributed by atoms with van der Waals surface area (Å²) in [6.45, 7) is 0. The van der Waals surface area contributed by atoms with Crippen LogP contribution < -0.4 is 5.73 Å². The molecule has 1 rings (SSSR count). The smallest absolute Gasteiger partial charge is 0.455 e. The zero-order chi connectivity index (χ0) is 15.5. The number of benzene rings is 1. The van der Waals surface area contributed by atoms with Gasteiger partial charge in [0.1, 0.15) is 5.57 Å². The predicted octanol–water partition coefficient (Wildman–Crippen LogP) is 2.31. The number of nitrogens with two attached hydrogens (primary N) is 1. The summed E-state index contributed by atoms with van der Waals surface area (Å²) in [6.07, 6.45) is -5.60. The molecule has 0 unspecified atom stereocenters. The molecule has 0 heterocycles. The van der Waals surface area contributed by atoms with E-state index < -0.39 is 29.2 Å². The molecule has 0 aliphatic carbocycles. The minimum absolute atomic E-state index is 0.305. The number of halogens is 4. The number of rotatable bonds is 4. The first-order valence-electron chi connectivity index (χ1n) is 5.20. The van der Waals surface area contributed by atoms with Crippen LogP contribution in [-0.2, 0) is 16.0 Å². The molecule has 0 radical (unpaired) electrons. The number of alkyl halides is 3. The van der Waals surface area contributed by atoms with Crippen LogP contribution in [0, 0.1) is 0 Å². The van der Waals surface area contributed by atoms with E-state index in [4.69, 9.17) is 22.4 Å². The fourth-order valence-corrected chi connectivity index (χ4v) is 1.56. The van der Waals surface area contributed by atoms with Gasteiger partial charge in [-0.05, 0) is 17.7 Å². The molecule has 0 aliphatic heterocycles. The number of carboxylic acids is 1. The van der Waals surface area contributed by atoms with E-state index in [1.165, 1.54) is 24.3 Å². The molecule has 0 atom stereocenters. The summed E-state index contributed by atoms with van der Waals surface area (Å²) < 4.78 is 36.9. The number of ketones is 1. The van der Waals surface area contributed by atoms with Crippen LogP contribution in [-0.4, -0.2) is 23.0 Å². The zero-order valence-corrected chi connectivity index (χ0v) is 10.6. The van der Waals surface area contributed by atoms with E-state index >= 15 is 0 Å². The van der Waals surface area contributed by atoms with Crippen molar-refractivity contribution in [2.75, 3.05) is 0 Å². The Hall–Kier alpha value is -2.02. The van der Waals surface area contributed by atoms with E-state index in [1.807, 2.05) is 0 Å². The van der Waals surface area contributed by atoms with E-state index in [0.717, 1.165) is 0 Å². The number of carbonyl (C=O) groups is 2. The highest BCUT2D eigenvalue weighted by Gasteiger charge is 2.44. The second kappa shape index (κ2) is 5.96. The lowest BCUT2D eigenvalue weighted by Gasteiger charge is -2.10. The van der Waals surface area contributed by atoms with Gasteiger partial charge < -0.3 is 10.8 Å². The largest absolute Gasteiger partial charge is 0.477 e.